The standard InChI is InChI=1S/C16H14N4OS/c1-22-16-18-9-13(14(17)21)15(20-16)19-12-7-6-10-4-2-3-5-11(10)8-12/h2-9H,1H3,(H2,17,21)(H,18,19,20). The molecule has 22 heavy (non-hydrogen) atoms. The van der Waals surface area contributed by atoms with Crippen molar-refractivity contribution in [3.05, 3.63) is 54.2 Å². The number of aromatic nitrogens is 2. The molecule has 3 rings (SSSR count). The Kier molecular flexibility index (Phi) is 3.93. The summed E-state index contributed by atoms with van der Waals surface area (Å²) in [6.07, 6.45) is 3.32. The number of primary amides is 1. The minimum Gasteiger partial charge on any atom is -0.365 e. The van der Waals surface area contributed by atoms with Crippen LogP contribution < -0.4 is 11.1 Å². The van der Waals surface area contributed by atoms with Crippen LogP contribution in [0.3, 0.4) is 0 Å². The second kappa shape index (κ2) is 6.03. The Morgan fingerprint density at radius 3 is 2.68 bits per heavy atom. The lowest BCUT2D eigenvalue weighted by Crippen LogP contribution is -2.15. The van der Waals surface area contributed by atoms with Gasteiger partial charge in [-0.15, -0.1) is 0 Å². The maximum Gasteiger partial charge on any atom is 0.254 e. The Bertz CT molecular complexity index is 850. The predicted molar refractivity (Wildman–Crippen MR) is 89.6 cm³/mol. The van der Waals surface area contributed by atoms with E-state index in [-0.39, 0.29) is 5.56 Å². The molecule has 5 nitrogen and oxygen atoms in total. The Labute approximate surface area is 132 Å². The van der Waals surface area contributed by atoms with Crippen molar-refractivity contribution in [2.45, 2.75) is 5.16 Å². The number of thioether (sulfide) groups is 1. The molecule has 0 unspecified atom stereocenters. The number of nitrogens with zero attached hydrogens (tertiary/aromatic N) is 2. The number of benzene rings is 2. The molecule has 1 aromatic heterocycles. The summed E-state index contributed by atoms with van der Waals surface area (Å²) in [7, 11) is 0. The van der Waals surface area contributed by atoms with Crippen LogP contribution in [0.5, 0.6) is 0 Å². The third-order valence-corrected chi connectivity index (χ3v) is 3.79. The summed E-state index contributed by atoms with van der Waals surface area (Å²) < 4.78 is 0. The zero-order chi connectivity index (χ0) is 15.5. The summed E-state index contributed by atoms with van der Waals surface area (Å²) in [6.45, 7) is 0. The molecular formula is C16H14N4OS. The fourth-order valence-electron chi connectivity index (χ4n) is 2.14. The van der Waals surface area contributed by atoms with Gasteiger partial charge in [0.1, 0.15) is 11.4 Å². The van der Waals surface area contributed by atoms with E-state index in [2.05, 4.69) is 15.3 Å². The fraction of sp³-hybridized carbons (Fsp3) is 0.0625. The summed E-state index contributed by atoms with van der Waals surface area (Å²) >= 11 is 1.40. The zero-order valence-corrected chi connectivity index (χ0v) is 12.7. The van der Waals surface area contributed by atoms with E-state index in [1.54, 1.807) is 0 Å². The molecule has 1 heterocycles. The molecule has 2 aromatic carbocycles. The molecule has 0 saturated heterocycles. The van der Waals surface area contributed by atoms with Crippen LogP contribution >= 0.6 is 11.8 Å². The van der Waals surface area contributed by atoms with Crippen LogP contribution in [0.25, 0.3) is 10.8 Å². The molecule has 0 fully saturated rings. The lowest BCUT2D eigenvalue weighted by Gasteiger charge is -2.10. The second-order valence-corrected chi connectivity index (χ2v) is 5.44. The predicted octanol–water partition coefficient (Wildman–Crippen LogP) is 3.19. The molecule has 3 aromatic rings. The first kappa shape index (κ1) is 14.3. The molecule has 0 aliphatic carbocycles. The third-order valence-electron chi connectivity index (χ3n) is 3.23. The maximum atomic E-state index is 11.5. The van der Waals surface area contributed by atoms with Gasteiger partial charge in [0.05, 0.1) is 0 Å². The molecule has 110 valence electrons. The number of hydrogen-bond acceptors (Lipinski definition) is 5. The highest BCUT2D eigenvalue weighted by atomic mass is 32.2. The van der Waals surface area contributed by atoms with E-state index in [1.807, 2.05) is 48.7 Å². The van der Waals surface area contributed by atoms with Gasteiger partial charge >= 0.3 is 0 Å². The van der Waals surface area contributed by atoms with Crippen molar-refractivity contribution < 1.29 is 4.79 Å². The molecular weight excluding hydrogens is 296 g/mol. The van der Waals surface area contributed by atoms with Crippen molar-refractivity contribution in [1.82, 2.24) is 9.97 Å². The van der Waals surface area contributed by atoms with Gasteiger partial charge in [-0.2, -0.15) is 0 Å². The van der Waals surface area contributed by atoms with E-state index in [9.17, 15) is 4.79 Å². The molecule has 0 radical (unpaired) electrons. The van der Waals surface area contributed by atoms with Crippen LogP contribution in [0.4, 0.5) is 11.5 Å². The molecule has 3 N–H and O–H groups in total. The van der Waals surface area contributed by atoms with Gasteiger partial charge in [0.25, 0.3) is 5.91 Å². The van der Waals surface area contributed by atoms with Gasteiger partial charge in [-0.3, -0.25) is 4.79 Å². The Hall–Kier alpha value is -2.60. The lowest BCUT2D eigenvalue weighted by molar-refractivity contribution is 0.100. The van der Waals surface area contributed by atoms with Gasteiger partial charge in [-0.25, -0.2) is 9.97 Å². The van der Waals surface area contributed by atoms with Gasteiger partial charge in [-0.05, 0) is 29.2 Å². The summed E-state index contributed by atoms with van der Waals surface area (Å²) in [5, 5.41) is 5.99. The number of carbonyl (C=O) groups is 1. The highest BCUT2D eigenvalue weighted by molar-refractivity contribution is 7.98. The van der Waals surface area contributed by atoms with Crippen LogP contribution in [-0.2, 0) is 0 Å². The van der Waals surface area contributed by atoms with Gasteiger partial charge in [0.2, 0.25) is 0 Å². The smallest absolute Gasteiger partial charge is 0.254 e. The SMILES string of the molecule is CSc1ncc(C(N)=O)c(Nc2ccc3ccccc3c2)n1. The van der Waals surface area contributed by atoms with Crippen LogP contribution in [0.15, 0.2) is 53.8 Å². The van der Waals surface area contributed by atoms with Gasteiger partial charge in [0, 0.05) is 11.9 Å². The van der Waals surface area contributed by atoms with Crippen LogP contribution in [0.2, 0.25) is 0 Å². The number of carbonyl (C=O) groups excluding carboxylic acids is 1. The summed E-state index contributed by atoms with van der Waals surface area (Å²) in [5.74, 6) is -0.141. The summed E-state index contributed by atoms with van der Waals surface area (Å²) in [4.78, 5) is 19.9. The molecule has 0 aliphatic rings. The monoisotopic (exact) mass is 310 g/mol. The number of anilines is 2. The zero-order valence-electron chi connectivity index (χ0n) is 11.9. The number of amides is 1. The van der Waals surface area contributed by atoms with Crippen molar-refractivity contribution in [2.75, 3.05) is 11.6 Å². The number of fused-ring (bicyclic) bond motifs is 1. The average molecular weight is 310 g/mol. The highest BCUT2D eigenvalue weighted by Crippen LogP contribution is 2.24. The summed E-state index contributed by atoms with van der Waals surface area (Å²) in [5.41, 5.74) is 6.49. The normalized spacial score (nSPS) is 10.6. The number of nitrogens with two attached hydrogens (primary N) is 1. The Balaban J connectivity index is 2.01. The molecule has 6 heteroatoms. The van der Waals surface area contributed by atoms with Gasteiger partial charge < -0.3 is 11.1 Å². The molecule has 0 saturated carbocycles. The van der Waals surface area contributed by atoms with Gasteiger partial charge in [0.15, 0.2) is 5.16 Å². The first-order chi connectivity index (χ1) is 10.7. The van der Waals surface area contributed by atoms with Crippen molar-refractivity contribution in [3.63, 3.8) is 0 Å². The van der Waals surface area contributed by atoms with E-state index in [0.29, 0.717) is 11.0 Å². The molecule has 0 aliphatic heterocycles. The quantitative estimate of drug-likeness (QED) is 0.571. The van der Waals surface area contributed by atoms with Crippen LogP contribution in [0.1, 0.15) is 10.4 Å². The largest absolute Gasteiger partial charge is 0.365 e. The van der Waals surface area contributed by atoms with Crippen molar-refractivity contribution in [2.24, 2.45) is 5.73 Å². The van der Waals surface area contributed by atoms with E-state index >= 15 is 0 Å². The molecule has 0 spiro atoms. The topological polar surface area (TPSA) is 80.9 Å². The van der Waals surface area contributed by atoms with E-state index in [1.165, 1.54) is 18.0 Å². The first-order valence-electron chi connectivity index (χ1n) is 6.64. The van der Waals surface area contributed by atoms with Gasteiger partial charge in [-0.1, -0.05) is 42.1 Å². The minimum atomic E-state index is -0.559. The first-order valence-corrected chi connectivity index (χ1v) is 7.86. The molecule has 0 atom stereocenters. The summed E-state index contributed by atoms with van der Waals surface area (Å²) in [6, 6.07) is 14.0. The maximum absolute atomic E-state index is 11.5. The van der Waals surface area contributed by atoms with Crippen LogP contribution in [0, 0.1) is 0 Å². The van der Waals surface area contributed by atoms with E-state index in [4.69, 9.17) is 5.73 Å². The van der Waals surface area contributed by atoms with Crippen molar-refractivity contribution in [3.8, 4) is 0 Å². The van der Waals surface area contributed by atoms with Crippen molar-refractivity contribution >= 4 is 39.9 Å². The van der Waals surface area contributed by atoms with E-state index < -0.39 is 5.91 Å². The molecule has 1 amide bonds. The fourth-order valence-corrected chi connectivity index (χ4v) is 2.48. The average Bonchev–Trinajstić information content (AvgIpc) is 2.54. The van der Waals surface area contributed by atoms with Crippen molar-refractivity contribution in [1.29, 1.82) is 0 Å². The third kappa shape index (κ3) is 2.87. The highest BCUT2D eigenvalue weighted by Gasteiger charge is 2.12. The van der Waals surface area contributed by atoms with Crippen LogP contribution in [-0.4, -0.2) is 22.1 Å². The lowest BCUT2D eigenvalue weighted by atomic mass is 10.1. The molecule has 0 bridgehead atoms. The Morgan fingerprint density at radius 1 is 1.18 bits per heavy atom. The number of rotatable bonds is 4. The number of nitrogens with one attached hydrogen (secondary N) is 1. The number of hydrogen-bond donors (Lipinski definition) is 2. The minimum absolute atomic E-state index is 0.269. The Morgan fingerprint density at radius 2 is 1.95 bits per heavy atom. The second-order valence-electron chi connectivity index (χ2n) is 4.67. The van der Waals surface area contributed by atoms with E-state index in [0.717, 1.165) is 16.5 Å².